The van der Waals surface area contributed by atoms with Gasteiger partial charge < -0.3 is 11.1 Å². The minimum absolute atomic E-state index is 0.112. The Morgan fingerprint density at radius 1 is 1.53 bits per heavy atom. The second kappa shape index (κ2) is 5.47. The lowest BCUT2D eigenvalue weighted by atomic mass is 10.0. The second-order valence-electron chi connectivity index (χ2n) is 4.68. The highest BCUT2D eigenvalue weighted by molar-refractivity contribution is 6.30. The zero-order valence-corrected chi connectivity index (χ0v) is 10.6. The molecule has 94 valence electrons. The number of carbonyl (C=O) groups excluding carboxylic acids is 1. The van der Waals surface area contributed by atoms with Crippen molar-refractivity contribution in [3.63, 3.8) is 0 Å². The lowest BCUT2D eigenvalue weighted by molar-refractivity contribution is -0.122. The van der Waals surface area contributed by atoms with E-state index in [1.54, 1.807) is 13.8 Å². The molecule has 0 fully saturated rings. The Bertz CT molecular complexity index is 415. The summed E-state index contributed by atoms with van der Waals surface area (Å²) in [7, 11) is 0. The Hall–Kier alpha value is -1.13. The number of nitrogens with one attached hydrogen (secondary N) is 1. The summed E-state index contributed by atoms with van der Waals surface area (Å²) in [6, 6.07) is 4.23. The number of halogens is 2. The van der Waals surface area contributed by atoms with Crippen molar-refractivity contribution in [1.82, 2.24) is 5.32 Å². The molecule has 0 unspecified atom stereocenters. The summed E-state index contributed by atoms with van der Waals surface area (Å²) in [6.07, 6.45) is 0.190. The topological polar surface area (TPSA) is 55.1 Å². The van der Waals surface area contributed by atoms with Crippen LogP contribution in [0.3, 0.4) is 0 Å². The van der Waals surface area contributed by atoms with Crippen LogP contribution in [0.25, 0.3) is 0 Å². The Morgan fingerprint density at radius 2 is 2.18 bits per heavy atom. The molecule has 5 heteroatoms. The van der Waals surface area contributed by atoms with Gasteiger partial charge >= 0.3 is 0 Å². The van der Waals surface area contributed by atoms with Crippen LogP contribution >= 0.6 is 11.6 Å². The van der Waals surface area contributed by atoms with E-state index in [0.29, 0.717) is 10.6 Å². The first kappa shape index (κ1) is 13.9. The van der Waals surface area contributed by atoms with Crippen LogP contribution in [0.4, 0.5) is 4.39 Å². The molecule has 0 saturated carbocycles. The molecule has 17 heavy (non-hydrogen) atoms. The molecule has 3 N–H and O–H groups in total. The van der Waals surface area contributed by atoms with E-state index in [1.807, 2.05) is 0 Å². The predicted molar refractivity (Wildman–Crippen MR) is 66.1 cm³/mol. The van der Waals surface area contributed by atoms with Crippen molar-refractivity contribution in [1.29, 1.82) is 0 Å². The van der Waals surface area contributed by atoms with Crippen LogP contribution in [0, 0.1) is 5.82 Å². The molecule has 0 aliphatic rings. The highest BCUT2D eigenvalue weighted by Crippen LogP contribution is 2.14. The lowest BCUT2D eigenvalue weighted by Gasteiger charge is -2.17. The summed E-state index contributed by atoms with van der Waals surface area (Å²) in [6.45, 7) is 3.63. The lowest BCUT2D eigenvalue weighted by Crippen LogP contribution is -2.38. The number of hydrogen-bond acceptors (Lipinski definition) is 2. The highest BCUT2D eigenvalue weighted by atomic mass is 35.5. The summed E-state index contributed by atoms with van der Waals surface area (Å²) in [5.74, 6) is -0.599. The summed E-state index contributed by atoms with van der Waals surface area (Å²) in [5.41, 5.74) is 5.49. The highest BCUT2D eigenvalue weighted by Gasteiger charge is 2.16. The van der Waals surface area contributed by atoms with E-state index in [9.17, 15) is 9.18 Å². The number of amides is 1. The average Bonchev–Trinajstić information content (AvgIpc) is 2.17. The van der Waals surface area contributed by atoms with Crippen LogP contribution in [0.5, 0.6) is 0 Å². The van der Waals surface area contributed by atoms with Crippen molar-refractivity contribution in [2.75, 3.05) is 0 Å². The van der Waals surface area contributed by atoms with Gasteiger partial charge in [-0.25, -0.2) is 4.39 Å². The van der Waals surface area contributed by atoms with Crippen LogP contribution < -0.4 is 11.1 Å². The van der Waals surface area contributed by atoms with Gasteiger partial charge in [0.2, 0.25) is 5.91 Å². The molecule has 1 amide bonds. The largest absolute Gasteiger partial charge is 0.352 e. The van der Waals surface area contributed by atoms with Crippen molar-refractivity contribution < 1.29 is 9.18 Å². The van der Waals surface area contributed by atoms with Gasteiger partial charge in [-0.2, -0.15) is 0 Å². The first-order chi connectivity index (χ1) is 7.78. The van der Waals surface area contributed by atoms with Crippen LogP contribution in [0.1, 0.15) is 25.8 Å². The van der Waals surface area contributed by atoms with Crippen LogP contribution in [-0.4, -0.2) is 11.4 Å². The summed E-state index contributed by atoms with van der Waals surface area (Å²) in [4.78, 5) is 11.5. The maximum absolute atomic E-state index is 13.3. The molecule has 0 radical (unpaired) electrons. The molecular formula is C12H16ClFN2O. The fourth-order valence-corrected chi connectivity index (χ4v) is 1.54. The smallest absolute Gasteiger partial charge is 0.222 e. The molecule has 0 saturated heterocycles. The normalized spacial score (nSPS) is 11.4. The molecule has 0 bridgehead atoms. The Kier molecular flexibility index (Phi) is 4.48. The van der Waals surface area contributed by atoms with Gasteiger partial charge in [0.25, 0.3) is 0 Å². The van der Waals surface area contributed by atoms with E-state index in [2.05, 4.69) is 5.32 Å². The summed E-state index contributed by atoms with van der Waals surface area (Å²) in [5, 5.41) is 3.05. The number of carbonyl (C=O) groups is 1. The zero-order chi connectivity index (χ0) is 13.1. The summed E-state index contributed by atoms with van der Waals surface area (Å²) >= 11 is 5.74. The third-order valence-electron chi connectivity index (χ3n) is 2.10. The predicted octanol–water partition coefficient (Wildman–Crippen LogP) is 2.22. The van der Waals surface area contributed by atoms with Crippen molar-refractivity contribution in [3.05, 3.63) is 34.6 Å². The standard InChI is InChI=1S/C12H16ClFN2O/c1-12(2,15)6-11(17)16-7-8-5-9(13)3-4-10(8)14/h3-5H,6-7,15H2,1-2H3,(H,16,17). The monoisotopic (exact) mass is 258 g/mol. The van der Waals surface area contributed by atoms with E-state index < -0.39 is 5.54 Å². The number of benzene rings is 1. The quantitative estimate of drug-likeness (QED) is 0.870. The molecule has 1 rings (SSSR count). The van der Waals surface area contributed by atoms with E-state index in [0.717, 1.165) is 0 Å². The molecule has 1 aromatic rings. The molecule has 0 aliphatic carbocycles. The van der Waals surface area contributed by atoms with Gasteiger partial charge in [-0.1, -0.05) is 11.6 Å². The van der Waals surface area contributed by atoms with Crippen molar-refractivity contribution in [2.24, 2.45) is 5.73 Å². The van der Waals surface area contributed by atoms with Crippen LogP contribution in [0.2, 0.25) is 5.02 Å². The van der Waals surface area contributed by atoms with Crippen LogP contribution in [-0.2, 0) is 11.3 Å². The molecule has 0 aliphatic heterocycles. The fraction of sp³-hybridized carbons (Fsp3) is 0.417. The third-order valence-corrected chi connectivity index (χ3v) is 2.34. The molecule has 0 heterocycles. The van der Waals surface area contributed by atoms with E-state index >= 15 is 0 Å². The van der Waals surface area contributed by atoms with Crippen molar-refractivity contribution >= 4 is 17.5 Å². The molecule has 1 aromatic carbocycles. The maximum atomic E-state index is 13.3. The van der Waals surface area contributed by atoms with E-state index in [-0.39, 0.29) is 24.7 Å². The van der Waals surface area contributed by atoms with Crippen molar-refractivity contribution in [3.8, 4) is 0 Å². The fourth-order valence-electron chi connectivity index (χ4n) is 1.35. The SMILES string of the molecule is CC(C)(N)CC(=O)NCc1cc(Cl)ccc1F. The van der Waals surface area contributed by atoms with Crippen molar-refractivity contribution in [2.45, 2.75) is 32.4 Å². The Labute approximate surface area is 105 Å². The average molecular weight is 259 g/mol. The first-order valence-electron chi connectivity index (χ1n) is 5.27. The minimum Gasteiger partial charge on any atom is -0.352 e. The molecule has 0 atom stereocenters. The van der Waals surface area contributed by atoms with E-state index in [4.69, 9.17) is 17.3 Å². The molecular weight excluding hydrogens is 243 g/mol. The van der Waals surface area contributed by atoms with Gasteiger partial charge in [0.05, 0.1) is 0 Å². The Morgan fingerprint density at radius 3 is 2.76 bits per heavy atom. The van der Waals surface area contributed by atoms with Gasteiger partial charge in [0.15, 0.2) is 0 Å². The van der Waals surface area contributed by atoms with Gasteiger partial charge in [0, 0.05) is 29.1 Å². The number of hydrogen-bond donors (Lipinski definition) is 2. The van der Waals surface area contributed by atoms with Gasteiger partial charge in [-0.05, 0) is 32.0 Å². The van der Waals surface area contributed by atoms with E-state index in [1.165, 1.54) is 18.2 Å². The minimum atomic E-state index is -0.572. The maximum Gasteiger partial charge on any atom is 0.222 e. The Balaban J connectivity index is 2.56. The second-order valence-corrected chi connectivity index (χ2v) is 5.11. The zero-order valence-electron chi connectivity index (χ0n) is 9.89. The van der Waals surface area contributed by atoms with Gasteiger partial charge in [0.1, 0.15) is 5.82 Å². The summed E-state index contributed by atoms with van der Waals surface area (Å²) < 4.78 is 13.3. The number of nitrogens with two attached hydrogens (primary N) is 1. The van der Waals surface area contributed by atoms with Gasteiger partial charge in [-0.3, -0.25) is 4.79 Å². The number of rotatable bonds is 4. The molecule has 0 spiro atoms. The van der Waals surface area contributed by atoms with Crippen LogP contribution in [0.15, 0.2) is 18.2 Å². The van der Waals surface area contributed by atoms with Gasteiger partial charge in [-0.15, -0.1) is 0 Å². The molecule has 0 aromatic heterocycles. The molecule has 3 nitrogen and oxygen atoms in total. The first-order valence-corrected chi connectivity index (χ1v) is 5.65. The third kappa shape index (κ3) is 5.15.